The number of aromatic nitrogens is 1. The second-order valence-corrected chi connectivity index (χ2v) is 9.57. The van der Waals surface area contributed by atoms with Gasteiger partial charge < -0.3 is 29.3 Å². The van der Waals surface area contributed by atoms with Crippen LogP contribution >= 0.6 is 0 Å². The van der Waals surface area contributed by atoms with Crippen LogP contribution in [0.5, 0.6) is 5.75 Å². The molecule has 12 heteroatoms. The van der Waals surface area contributed by atoms with E-state index >= 15 is 0 Å². The molecule has 1 aromatic heterocycles. The number of hydrogen-bond donors (Lipinski definition) is 1. The fourth-order valence-electron chi connectivity index (χ4n) is 5.36. The highest BCUT2D eigenvalue weighted by molar-refractivity contribution is 5.99. The van der Waals surface area contributed by atoms with Crippen molar-refractivity contribution in [1.29, 1.82) is 0 Å². The number of carbonyl (C=O) groups excluding carboxylic acids is 2. The van der Waals surface area contributed by atoms with Crippen LogP contribution in [0.4, 0.5) is 8.78 Å². The predicted octanol–water partition coefficient (Wildman–Crippen LogP) is 2.24. The number of oxime groups is 1. The molecule has 2 aromatic rings. The van der Waals surface area contributed by atoms with Gasteiger partial charge in [0.05, 0.1) is 7.11 Å². The Hall–Kier alpha value is -3.96. The first-order valence-corrected chi connectivity index (χ1v) is 11.9. The number of rotatable bonds is 4. The van der Waals surface area contributed by atoms with Crippen LogP contribution in [0.3, 0.4) is 0 Å². The number of likely N-dealkylation sites (N-methyl/N-ethyl adjacent to an activating group) is 1. The second-order valence-electron chi connectivity index (χ2n) is 9.57. The highest BCUT2D eigenvalue weighted by atomic mass is 19.1. The number of fused-ring (bicyclic) bond motifs is 5. The number of hydrogen-bond acceptors (Lipinski definition) is 7. The third kappa shape index (κ3) is 3.73. The first kappa shape index (κ1) is 24.7. The largest absolute Gasteiger partial charge is 0.491 e. The van der Waals surface area contributed by atoms with Gasteiger partial charge in [-0.2, -0.15) is 0 Å². The van der Waals surface area contributed by atoms with Gasteiger partial charge in [0.2, 0.25) is 11.2 Å². The maximum atomic E-state index is 14.1. The van der Waals surface area contributed by atoms with E-state index in [0.717, 1.165) is 6.07 Å². The molecule has 5 rings (SSSR count). The minimum Gasteiger partial charge on any atom is -0.491 e. The Bertz CT molecular complexity index is 1390. The highest BCUT2D eigenvalue weighted by Crippen LogP contribution is 2.45. The smallest absolute Gasteiger partial charge is 0.274 e. The molecule has 37 heavy (non-hydrogen) atoms. The third-order valence-electron chi connectivity index (χ3n) is 7.63. The summed E-state index contributed by atoms with van der Waals surface area (Å²) in [5.41, 5.74) is -1.92. The summed E-state index contributed by atoms with van der Waals surface area (Å²) in [5.74, 6) is -2.34. The molecular weight excluding hydrogens is 488 g/mol. The zero-order chi connectivity index (χ0) is 26.6. The molecule has 2 bridgehead atoms. The summed E-state index contributed by atoms with van der Waals surface area (Å²) in [7, 11) is 3.12. The van der Waals surface area contributed by atoms with Crippen molar-refractivity contribution in [3.8, 4) is 5.75 Å². The highest BCUT2D eigenvalue weighted by Gasteiger charge is 2.56. The molecule has 0 aliphatic carbocycles. The minimum absolute atomic E-state index is 0.0274. The van der Waals surface area contributed by atoms with Crippen LogP contribution in [0.2, 0.25) is 0 Å². The molecule has 1 aromatic carbocycles. The quantitative estimate of drug-likeness (QED) is 0.670. The van der Waals surface area contributed by atoms with Crippen LogP contribution < -0.4 is 15.5 Å². The summed E-state index contributed by atoms with van der Waals surface area (Å²) in [6.07, 6.45) is 2.51. The Morgan fingerprint density at radius 1 is 1.32 bits per heavy atom. The van der Waals surface area contributed by atoms with E-state index in [0.29, 0.717) is 24.7 Å². The van der Waals surface area contributed by atoms with E-state index in [1.54, 1.807) is 9.47 Å². The molecule has 3 unspecified atom stereocenters. The monoisotopic (exact) mass is 515 g/mol. The van der Waals surface area contributed by atoms with E-state index in [2.05, 4.69) is 10.5 Å². The van der Waals surface area contributed by atoms with E-state index in [-0.39, 0.29) is 47.6 Å². The van der Waals surface area contributed by atoms with Crippen LogP contribution in [0.25, 0.3) is 0 Å². The molecular formula is C25H27F2N5O5. The van der Waals surface area contributed by atoms with Crippen molar-refractivity contribution in [1.82, 2.24) is 19.7 Å². The molecule has 3 aliphatic heterocycles. The van der Waals surface area contributed by atoms with Crippen molar-refractivity contribution in [2.75, 3.05) is 20.7 Å². The fourth-order valence-corrected chi connectivity index (χ4v) is 5.36. The Labute approximate surface area is 211 Å². The SMILES string of the molecule is COc1c2n(cc(C(=O)NCc3ccc(F)cc3F)c1=O)C1CN(C2=O)C(C)CCC12ON=C(C)N2C. The Morgan fingerprint density at radius 3 is 2.73 bits per heavy atom. The Balaban J connectivity index is 1.60. The lowest BCUT2D eigenvalue weighted by Crippen LogP contribution is -2.57. The molecule has 1 N–H and O–H groups in total. The van der Waals surface area contributed by atoms with Gasteiger partial charge in [-0.1, -0.05) is 11.2 Å². The Morgan fingerprint density at radius 2 is 2.08 bits per heavy atom. The lowest BCUT2D eigenvalue weighted by atomic mass is 9.94. The zero-order valence-electron chi connectivity index (χ0n) is 20.9. The number of benzene rings is 1. The number of ether oxygens (including phenoxy) is 1. The maximum Gasteiger partial charge on any atom is 0.274 e. The lowest BCUT2D eigenvalue weighted by Gasteiger charge is -2.44. The summed E-state index contributed by atoms with van der Waals surface area (Å²) >= 11 is 0. The van der Waals surface area contributed by atoms with Gasteiger partial charge in [0.1, 0.15) is 29.1 Å². The molecule has 1 saturated heterocycles. The second kappa shape index (κ2) is 8.86. The van der Waals surface area contributed by atoms with Gasteiger partial charge in [0.25, 0.3) is 11.8 Å². The van der Waals surface area contributed by atoms with Gasteiger partial charge >= 0.3 is 0 Å². The summed E-state index contributed by atoms with van der Waals surface area (Å²) < 4.78 is 34.3. The molecule has 3 aliphatic rings. The van der Waals surface area contributed by atoms with E-state index < -0.39 is 34.7 Å². The van der Waals surface area contributed by atoms with Crippen LogP contribution in [0.15, 0.2) is 34.3 Å². The molecule has 1 fully saturated rings. The number of carbonyl (C=O) groups is 2. The summed E-state index contributed by atoms with van der Waals surface area (Å²) in [6, 6.07) is 2.35. The molecule has 0 radical (unpaired) electrons. The van der Waals surface area contributed by atoms with Crippen LogP contribution in [-0.2, 0) is 11.4 Å². The van der Waals surface area contributed by atoms with E-state index in [1.807, 2.05) is 25.8 Å². The van der Waals surface area contributed by atoms with Crippen molar-refractivity contribution >= 4 is 17.6 Å². The van der Waals surface area contributed by atoms with Gasteiger partial charge in [-0.25, -0.2) is 8.78 Å². The molecule has 4 heterocycles. The first-order valence-electron chi connectivity index (χ1n) is 11.9. The summed E-state index contributed by atoms with van der Waals surface area (Å²) in [6.45, 7) is 3.75. The van der Waals surface area contributed by atoms with Gasteiger partial charge in [0, 0.05) is 50.4 Å². The third-order valence-corrected chi connectivity index (χ3v) is 7.63. The standard InChI is InChI=1S/C25H27F2N5O5/c1-13-7-8-25(30(3)14(2)29-37-25)19-12-31(13)24(35)20-22(36-4)21(33)17(11-32(19)20)23(34)28-10-15-5-6-16(26)9-18(15)27/h5-6,9,11,13,19H,7-8,10,12H2,1-4H3,(H,28,34). The van der Waals surface area contributed by atoms with Crippen LogP contribution in [0.1, 0.15) is 59.1 Å². The van der Waals surface area contributed by atoms with Crippen molar-refractivity contribution in [3.05, 3.63) is 63.1 Å². The van der Waals surface area contributed by atoms with Gasteiger partial charge in [-0.3, -0.25) is 14.4 Å². The molecule has 2 amide bonds. The topological polar surface area (TPSA) is 105 Å². The van der Waals surface area contributed by atoms with E-state index in [9.17, 15) is 23.2 Å². The summed E-state index contributed by atoms with van der Waals surface area (Å²) in [5, 5.41) is 6.69. The van der Waals surface area contributed by atoms with Gasteiger partial charge in [0.15, 0.2) is 11.4 Å². The van der Waals surface area contributed by atoms with Crippen molar-refractivity contribution < 1.29 is 27.9 Å². The molecule has 196 valence electrons. The average Bonchev–Trinajstić information content (AvgIpc) is 3.08. The van der Waals surface area contributed by atoms with Gasteiger partial charge in [-0.15, -0.1) is 0 Å². The maximum absolute atomic E-state index is 14.1. The number of amides is 2. The number of nitrogens with zero attached hydrogens (tertiary/aromatic N) is 4. The molecule has 10 nitrogen and oxygen atoms in total. The average molecular weight is 516 g/mol. The molecule has 3 atom stereocenters. The van der Waals surface area contributed by atoms with Crippen LogP contribution in [0, 0.1) is 11.6 Å². The van der Waals surface area contributed by atoms with Crippen LogP contribution in [-0.4, -0.2) is 64.5 Å². The number of nitrogens with one attached hydrogen (secondary N) is 1. The number of pyridine rings is 1. The zero-order valence-corrected chi connectivity index (χ0v) is 20.9. The fraction of sp³-hybridized carbons (Fsp3) is 0.440. The normalized spacial score (nSPS) is 24.4. The van der Waals surface area contributed by atoms with E-state index in [4.69, 9.17) is 9.57 Å². The van der Waals surface area contributed by atoms with Crippen molar-refractivity contribution in [2.45, 2.75) is 51.0 Å². The first-order chi connectivity index (χ1) is 17.6. The van der Waals surface area contributed by atoms with Crippen molar-refractivity contribution in [2.24, 2.45) is 5.16 Å². The predicted molar refractivity (Wildman–Crippen MR) is 128 cm³/mol. The molecule has 1 spiro atoms. The minimum atomic E-state index is -0.951. The number of methoxy groups -OCH3 is 1. The van der Waals surface area contributed by atoms with E-state index in [1.165, 1.54) is 19.4 Å². The Kier molecular flexibility index (Phi) is 5.92. The number of halogens is 2. The van der Waals surface area contributed by atoms with Crippen molar-refractivity contribution in [3.63, 3.8) is 0 Å². The number of amidine groups is 1. The summed E-state index contributed by atoms with van der Waals surface area (Å²) in [4.78, 5) is 49.7. The molecule has 0 saturated carbocycles. The van der Waals surface area contributed by atoms with Gasteiger partial charge in [-0.05, 0) is 26.3 Å². The lowest BCUT2D eigenvalue weighted by molar-refractivity contribution is -0.132.